The number of nitrogens with one attached hydrogen (secondary N) is 1. The number of hydrogen-bond acceptors (Lipinski definition) is 4. The largest absolute Gasteiger partial charge is 0.342 e. The second-order valence-corrected chi connectivity index (χ2v) is 7.65. The molecule has 26 heavy (non-hydrogen) atoms. The second-order valence-electron chi connectivity index (χ2n) is 6.76. The third kappa shape index (κ3) is 2.66. The van der Waals surface area contributed by atoms with Crippen LogP contribution in [-0.4, -0.2) is 38.8 Å². The summed E-state index contributed by atoms with van der Waals surface area (Å²) < 4.78 is 1.06. The van der Waals surface area contributed by atoms with E-state index in [-0.39, 0.29) is 11.8 Å². The first-order chi connectivity index (χ1) is 12.8. The van der Waals surface area contributed by atoms with E-state index < -0.39 is 0 Å². The Hall–Kier alpha value is -2.73. The first kappa shape index (κ1) is 15.5. The molecule has 1 aliphatic heterocycles. The predicted octanol–water partition coefficient (Wildman–Crippen LogP) is 4.19. The van der Waals surface area contributed by atoms with Crippen molar-refractivity contribution < 1.29 is 4.79 Å². The van der Waals surface area contributed by atoms with Crippen LogP contribution in [0.3, 0.4) is 0 Å². The van der Waals surface area contributed by atoms with Crippen molar-refractivity contribution in [1.82, 2.24) is 19.9 Å². The van der Waals surface area contributed by atoms with Crippen molar-refractivity contribution in [3.8, 4) is 0 Å². The number of rotatable bonds is 2. The van der Waals surface area contributed by atoms with E-state index in [4.69, 9.17) is 4.98 Å². The minimum atomic E-state index is 0.0983. The molecule has 1 aliphatic rings. The first-order valence-electron chi connectivity index (χ1n) is 8.85. The Morgan fingerprint density at radius 1 is 1.19 bits per heavy atom. The van der Waals surface area contributed by atoms with Crippen LogP contribution in [0.5, 0.6) is 0 Å². The highest BCUT2D eigenvalue weighted by Gasteiger charge is 2.27. The van der Waals surface area contributed by atoms with Crippen molar-refractivity contribution in [1.29, 1.82) is 0 Å². The molecule has 0 saturated carbocycles. The molecule has 2 aromatic carbocycles. The summed E-state index contributed by atoms with van der Waals surface area (Å²) in [5.41, 5.74) is 5.55. The number of piperidine rings is 1. The number of aromatic nitrogens is 3. The van der Waals surface area contributed by atoms with Gasteiger partial charge in [0, 0.05) is 24.6 Å². The highest BCUT2D eigenvalue weighted by atomic mass is 32.1. The summed E-state index contributed by atoms with van der Waals surface area (Å²) in [4.78, 5) is 27.4. The molecule has 3 heterocycles. The SMILES string of the molecule is O=C(c1ccc2ncsc2c1)N1CCCC(c2nc3ccccc3[nH]2)C1. The Balaban J connectivity index is 1.40. The van der Waals surface area contributed by atoms with Crippen LogP contribution in [0.15, 0.2) is 48.0 Å². The molecule has 130 valence electrons. The van der Waals surface area contributed by atoms with Crippen molar-refractivity contribution in [3.63, 3.8) is 0 Å². The van der Waals surface area contributed by atoms with Gasteiger partial charge in [0.1, 0.15) is 5.82 Å². The molecule has 0 spiro atoms. The number of fused-ring (bicyclic) bond motifs is 2. The molecule has 1 fully saturated rings. The van der Waals surface area contributed by atoms with Crippen molar-refractivity contribution in [2.45, 2.75) is 18.8 Å². The fourth-order valence-electron chi connectivity index (χ4n) is 3.72. The number of imidazole rings is 1. The lowest BCUT2D eigenvalue weighted by Crippen LogP contribution is -2.39. The van der Waals surface area contributed by atoms with Crippen molar-refractivity contribution in [2.24, 2.45) is 0 Å². The number of thiazole rings is 1. The number of benzene rings is 2. The first-order valence-corrected chi connectivity index (χ1v) is 9.73. The molecule has 1 saturated heterocycles. The Bertz CT molecular complexity index is 1070. The summed E-state index contributed by atoms with van der Waals surface area (Å²) >= 11 is 1.57. The fourth-order valence-corrected chi connectivity index (χ4v) is 4.44. The monoisotopic (exact) mass is 362 g/mol. The Morgan fingerprint density at radius 2 is 2.12 bits per heavy atom. The average molecular weight is 362 g/mol. The molecule has 4 aromatic rings. The summed E-state index contributed by atoms with van der Waals surface area (Å²) in [7, 11) is 0. The van der Waals surface area contributed by atoms with Crippen LogP contribution in [0, 0.1) is 0 Å². The molecule has 1 unspecified atom stereocenters. The van der Waals surface area contributed by atoms with Crippen molar-refractivity contribution >= 4 is 38.5 Å². The van der Waals surface area contributed by atoms with Gasteiger partial charge >= 0.3 is 0 Å². The number of carbonyl (C=O) groups excluding carboxylic acids is 1. The van der Waals surface area contributed by atoms with Crippen LogP contribution < -0.4 is 0 Å². The average Bonchev–Trinajstić information content (AvgIpc) is 3.33. The van der Waals surface area contributed by atoms with Crippen LogP contribution in [0.2, 0.25) is 0 Å². The van der Waals surface area contributed by atoms with E-state index in [9.17, 15) is 4.79 Å². The van der Waals surface area contributed by atoms with E-state index in [1.165, 1.54) is 0 Å². The number of hydrogen-bond donors (Lipinski definition) is 1. The van der Waals surface area contributed by atoms with Crippen LogP contribution in [0.25, 0.3) is 21.3 Å². The van der Waals surface area contributed by atoms with Gasteiger partial charge < -0.3 is 9.88 Å². The van der Waals surface area contributed by atoms with E-state index in [1.54, 1.807) is 11.3 Å². The molecule has 5 rings (SSSR count). The molecule has 0 aliphatic carbocycles. The Kier molecular flexibility index (Phi) is 3.71. The van der Waals surface area contributed by atoms with Gasteiger partial charge in [-0.3, -0.25) is 4.79 Å². The molecule has 1 N–H and O–H groups in total. The maximum Gasteiger partial charge on any atom is 0.253 e. The standard InChI is InChI=1S/C20H18N4OS/c25-20(13-7-8-17-18(10-13)26-12-21-17)24-9-3-4-14(11-24)19-22-15-5-1-2-6-16(15)23-19/h1-2,5-8,10,12,14H,3-4,9,11H2,(H,22,23). The summed E-state index contributed by atoms with van der Waals surface area (Å²) in [6.07, 6.45) is 2.05. The number of nitrogens with zero attached hydrogens (tertiary/aromatic N) is 3. The summed E-state index contributed by atoms with van der Waals surface area (Å²) in [6, 6.07) is 13.8. The Labute approximate surface area is 154 Å². The number of likely N-dealkylation sites (tertiary alicyclic amines) is 1. The number of para-hydroxylation sites is 2. The predicted molar refractivity (Wildman–Crippen MR) is 104 cm³/mol. The minimum Gasteiger partial charge on any atom is -0.342 e. The molecule has 1 amide bonds. The van der Waals surface area contributed by atoms with Gasteiger partial charge in [0.25, 0.3) is 5.91 Å². The fraction of sp³-hybridized carbons (Fsp3) is 0.250. The molecule has 5 nitrogen and oxygen atoms in total. The Morgan fingerprint density at radius 3 is 3.04 bits per heavy atom. The van der Waals surface area contributed by atoms with E-state index in [1.807, 2.05) is 52.9 Å². The van der Waals surface area contributed by atoms with Gasteiger partial charge in [-0.1, -0.05) is 12.1 Å². The maximum atomic E-state index is 13.0. The van der Waals surface area contributed by atoms with Crippen LogP contribution in [0.1, 0.15) is 34.9 Å². The molecular formula is C20H18N4OS. The van der Waals surface area contributed by atoms with Gasteiger partial charge in [-0.25, -0.2) is 9.97 Å². The minimum absolute atomic E-state index is 0.0983. The van der Waals surface area contributed by atoms with Crippen LogP contribution in [0.4, 0.5) is 0 Å². The molecular weight excluding hydrogens is 344 g/mol. The van der Waals surface area contributed by atoms with Gasteiger partial charge in [-0.05, 0) is 43.2 Å². The lowest BCUT2D eigenvalue weighted by molar-refractivity contribution is 0.0705. The van der Waals surface area contributed by atoms with Crippen molar-refractivity contribution in [2.75, 3.05) is 13.1 Å². The summed E-state index contributed by atoms with van der Waals surface area (Å²) in [5, 5.41) is 0. The topological polar surface area (TPSA) is 61.9 Å². The summed E-state index contributed by atoms with van der Waals surface area (Å²) in [5.74, 6) is 1.34. The van der Waals surface area contributed by atoms with Crippen LogP contribution >= 0.6 is 11.3 Å². The lowest BCUT2D eigenvalue weighted by atomic mass is 9.96. The number of aromatic amines is 1. The second kappa shape index (κ2) is 6.21. The van der Waals surface area contributed by atoms with Gasteiger partial charge in [0.2, 0.25) is 0 Å². The van der Waals surface area contributed by atoms with Gasteiger partial charge in [0.15, 0.2) is 0 Å². The third-order valence-corrected chi connectivity index (χ3v) is 5.87. The quantitative estimate of drug-likeness (QED) is 0.581. The van der Waals surface area contributed by atoms with Gasteiger partial charge in [-0.2, -0.15) is 0 Å². The zero-order valence-corrected chi connectivity index (χ0v) is 15.0. The highest BCUT2D eigenvalue weighted by Crippen LogP contribution is 2.28. The molecule has 6 heteroatoms. The molecule has 1 atom stereocenters. The van der Waals surface area contributed by atoms with E-state index in [0.29, 0.717) is 6.54 Å². The van der Waals surface area contributed by atoms with E-state index >= 15 is 0 Å². The van der Waals surface area contributed by atoms with Crippen LogP contribution in [-0.2, 0) is 0 Å². The molecule has 2 aromatic heterocycles. The third-order valence-electron chi connectivity index (χ3n) is 5.08. The number of carbonyl (C=O) groups is 1. The molecule has 0 radical (unpaired) electrons. The zero-order chi connectivity index (χ0) is 17.5. The highest BCUT2D eigenvalue weighted by molar-refractivity contribution is 7.16. The lowest BCUT2D eigenvalue weighted by Gasteiger charge is -2.32. The van der Waals surface area contributed by atoms with Crippen molar-refractivity contribution in [3.05, 3.63) is 59.4 Å². The zero-order valence-electron chi connectivity index (χ0n) is 14.2. The van der Waals surface area contributed by atoms with Gasteiger partial charge in [-0.15, -0.1) is 11.3 Å². The van der Waals surface area contributed by atoms with Gasteiger partial charge in [0.05, 0.1) is 26.8 Å². The van der Waals surface area contributed by atoms with E-state index in [2.05, 4.69) is 9.97 Å². The number of amides is 1. The molecule has 0 bridgehead atoms. The maximum absolute atomic E-state index is 13.0. The van der Waals surface area contributed by atoms with E-state index in [0.717, 1.165) is 52.0 Å². The number of H-pyrrole nitrogens is 1. The summed E-state index contributed by atoms with van der Waals surface area (Å²) in [6.45, 7) is 1.51. The smallest absolute Gasteiger partial charge is 0.253 e. The normalized spacial score (nSPS) is 17.8.